The molecule has 1 atom stereocenters. The number of ketones is 1. The monoisotopic (exact) mass is 522 g/mol. The van der Waals surface area contributed by atoms with Gasteiger partial charge < -0.3 is 11.1 Å². The summed E-state index contributed by atoms with van der Waals surface area (Å²) in [6.07, 6.45) is 8.31. The second kappa shape index (κ2) is 13.6. The number of nitrogens with two attached hydrogens (primary N) is 1. The Kier molecular flexibility index (Phi) is 10.2. The largest absolute Gasteiger partial charge is 0.327 e. The van der Waals surface area contributed by atoms with Gasteiger partial charge in [0.2, 0.25) is 5.91 Å². The summed E-state index contributed by atoms with van der Waals surface area (Å²) in [6, 6.07) is 5.52. The molecule has 202 valence electrons. The number of anilines is 1. The zero-order valence-corrected chi connectivity index (χ0v) is 21.6. The van der Waals surface area contributed by atoms with Crippen molar-refractivity contribution in [2.24, 2.45) is 5.73 Å². The summed E-state index contributed by atoms with van der Waals surface area (Å²) >= 11 is 0. The first kappa shape index (κ1) is 28.6. The van der Waals surface area contributed by atoms with Crippen molar-refractivity contribution in [3.63, 3.8) is 0 Å². The highest BCUT2D eigenvalue weighted by atomic mass is 16.2. The lowest BCUT2D eigenvalue weighted by molar-refractivity contribution is -0.138. The highest BCUT2D eigenvalue weighted by Crippen LogP contribution is 2.22. The lowest BCUT2D eigenvalue weighted by Crippen LogP contribution is -2.31. The van der Waals surface area contributed by atoms with Crippen molar-refractivity contribution in [1.82, 2.24) is 9.80 Å². The van der Waals surface area contributed by atoms with E-state index in [0.29, 0.717) is 30.5 Å². The Morgan fingerprint density at radius 2 is 1.42 bits per heavy atom. The smallest absolute Gasteiger partial charge is 0.253 e. The summed E-state index contributed by atoms with van der Waals surface area (Å²) in [5.74, 6) is -1.90. The topological polar surface area (TPSA) is 147 Å². The van der Waals surface area contributed by atoms with Crippen molar-refractivity contribution in [3.8, 4) is 0 Å². The van der Waals surface area contributed by atoms with Crippen LogP contribution in [0, 0.1) is 0 Å². The number of amides is 5. The number of nitrogens with zero attached hydrogens (tertiary/aromatic N) is 2. The molecule has 2 heterocycles. The number of hydrogen-bond acceptors (Lipinski definition) is 7. The molecule has 5 amide bonds. The highest BCUT2D eigenvalue weighted by Gasteiger charge is 2.24. The second-order valence-electron chi connectivity index (χ2n) is 9.54. The quantitative estimate of drug-likeness (QED) is 0.334. The van der Waals surface area contributed by atoms with E-state index in [1.807, 2.05) is 18.2 Å². The molecule has 38 heavy (non-hydrogen) atoms. The molecule has 10 heteroatoms. The van der Waals surface area contributed by atoms with Crippen molar-refractivity contribution < 1.29 is 28.8 Å². The van der Waals surface area contributed by atoms with Crippen LogP contribution in [0.4, 0.5) is 5.69 Å². The van der Waals surface area contributed by atoms with Gasteiger partial charge in [0, 0.05) is 68.4 Å². The summed E-state index contributed by atoms with van der Waals surface area (Å²) in [7, 11) is 0. The molecule has 2 aliphatic heterocycles. The Morgan fingerprint density at radius 1 is 0.868 bits per heavy atom. The third kappa shape index (κ3) is 8.04. The number of Topliss-reactive ketones (excluding diaryl/α,β-unsaturated/α-hetero) is 1. The van der Waals surface area contributed by atoms with Gasteiger partial charge >= 0.3 is 0 Å². The maximum atomic E-state index is 12.7. The molecule has 0 aromatic heterocycles. The molecule has 0 spiro atoms. The third-order valence-corrected chi connectivity index (χ3v) is 6.42. The number of carbonyl (C=O) groups excluding carboxylic acids is 6. The molecular weight excluding hydrogens is 488 g/mol. The number of imide groups is 2. The SMILES string of the molecule is CCC[C@@H](N)Cc1ccc(CC(=O)CCCN2C(=O)C=CC2=O)c(NC(=O)CCCN2C(=O)C=CC2=O)c1. The molecule has 1 aromatic carbocycles. The van der Waals surface area contributed by atoms with E-state index in [2.05, 4.69) is 12.2 Å². The normalized spacial score (nSPS) is 15.6. The van der Waals surface area contributed by atoms with Gasteiger partial charge in [-0.1, -0.05) is 25.5 Å². The van der Waals surface area contributed by atoms with Gasteiger partial charge in [-0.2, -0.15) is 0 Å². The molecular formula is C28H34N4O6. The molecule has 0 saturated carbocycles. The molecule has 3 rings (SSSR count). The Balaban J connectivity index is 1.59. The van der Waals surface area contributed by atoms with E-state index in [1.54, 1.807) is 0 Å². The second-order valence-corrected chi connectivity index (χ2v) is 9.54. The zero-order chi connectivity index (χ0) is 27.7. The highest BCUT2D eigenvalue weighted by molar-refractivity contribution is 6.13. The van der Waals surface area contributed by atoms with Crippen LogP contribution in [0.5, 0.6) is 0 Å². The van der Waals surface area contributed by atoms with Crippen LogP contribution < -0.4 is 11.1 Å². The van der Waals surface area contributed by atoms with E-state index in [-0.39, 0.29) is 73.7 Å². The van der Waals surface area contributed by atoms with E-state index in [1.165, 1.54) is 24.3 Å². The fourth-order valence-electron chi connectivity index (χ4n) is 4.45. The molecule has 10 nitrogen and oxygen atoms in total. The molecule has 0 radical (unpaired) electrons. The van der Waals surface area contributed by atoms with Gasteiger partial charge in [-0.15, -0.1) is 0 Å². The first-order chi connectivity index (χ1) is 18.2. The van der Waals surface area contributed by atoms with Crippen molar-refractivity contribution in [2.75, 3.05) is 18.4 Å². The Labute approximate surface area is 221 Å². The van der Waals surface area contributed by atoms with Crippen LogP contribution in [0.1, 0.15) is 56.6 Å². The van der Waals surface area contributed by atoms with Crippen molar-refractivity contribution in [3.05, 3.63) is 53.6 Å². The average Bonchev–Trinajstić information content (AvgIpc) is 3.36. The predicted molar refractivity (Wildman–Crippen MR) is 141 cm³/mol. The van der Waals surface area contributed by atoms with Crippen molar-refractivity contribution in [2.45, 2.75) is 64.3 Å². The van der Waals surface area contributed by atoms with Crippen LogP contribution in [0.2, 0.25) is 0 Å². The maximum absolute atomic E-state index is 12.7. The summed E-state index contributed by atoms with van der Waals surface area (Å²) < 4.78 is 0. The van der Waals surface area contributed by atoms with Gasteiger partial charge in [0.1, 0.15) is 5.78 Å². The molecule has 0 saturated heterocycles. The summed E-state index contributed by atoms with van der Waals surface area (Å²) in [6.45, 7) is 2.38. The number of nitrogens with one attached hydrogen (secondary N) is 1. The standard InChI is InChI=1S/C28H34N4O6/c1-2-5-21(29)16-19-8-9-20(18-22(33)6-3-14-31-25(35)10-11-26(31)36)23(17-19)30-24(34)7-4-15-32-27(37)12-13-28(32)38/h8-13,17,21H,2-7,14-16,18,29H2,1H3,(H,30,34)/t21-/m1/s1. The Hall–Kier alpha value is -3.92. The van der Waals surface area contributed by atoms with Gasteiger partial charge in [-0.3, -0.25) is 38.6 Å². The number of carbonyl (C=O) groups is 6. The van der Waals surface area contributed by atoms with Gasteiger partial charge in [-0.25, -0.2) is 0 Å². The number of hydrogen-bond donors (Lipinski definition) is 2. The lowest BCUT2D eigenvalue weighted by Gasteiger charge is -2.16. The maximum Gasteiger partial charge on any atom is 0.253 e. The van der Waals surface area contributed by atoms with Gasteiger partial charge in [0.25, 0.3) is 23.6 Å². The van der Waals surface area contributed by atoms with Gasteiger partial charge in [0.15, 0.2) is 0 Å². The van der Waals surface area contributed by atoms with E-state index in [9.17, 15) is 28.8 Å². The van der Waals surface area contributed by atoms with Crippen LogP contribution >= 0.6 is 0 Å². The van der Waals surface area contributed by atoms with Gasteiger partial charge in [-0.05, 0) is 42.9 Å². The Bertz CT molecular complexity index is 1140. The van der Waals surface area contributed by atoms with Crippen LogP contribution in [0.25, 0.3) is 0 Å². The summed E-state index contributed by atoms with van der Waals surface area (Å²) in [5, 5.41) is 2.88. The first-order valence-corrected chi connectivity index (χ1v) is 12.9. The van der Waals surface area contributed by atoms with Crippen molar-refractivity contribution >= 4 is 41.0 Å². The molecule has 0 bridgehead atoms. The zero-order valence-electron chi connectivity index (χ0n) is 21.6. The van der Waals surface area contributed by atoms with Crippen molar-refractivity contribution in [1.29, 1.82) is 0 Å². The van der Waals surface area contributed by atoms with Crippen LogP contribution in [0.3, 0.4) is 0 Å². The minimum absolute atomic E-state index is 0.0225. The predicted octanol–water partition coefficient (Wildman–Crippen LogP) is 1.82. The lowest BCUT2D eigenvalue weighted by atomic mass is 9.97. The number of benzene rings is 1. The van der Waals surface area contributed by atoms with E-state index in [0.717, 1.165) is 28.2 Å². The van der Waals surface area contributed by atoms with E-state index >= 15 is 0 Å². The van der Waals surface area contributed by atoms with E-state index in [4.69, 9.17) is 5.73 Å². The fraction of sp³-hybridized carbons (Fsp3) is 0.429. The molecule has 0 unspecified atom stereocenters. The first-order valence-electron chi connectivity index (χ1n) is 12.9. The molecule has 0 aliphatic carbocycles. The van der Waals surface area contributed by atoms with Crippen LogP contribution in [0.15, 0.2) is 42.5 Å². The number of rotatable bonds is 15. The third-order valence-electron chi connectivity index (χ3n) is 6.42. The van der Waals surface area contributed by atoms with E-state index < -0.39 is 0 Å². The fourth-order valence-corrected chi connectivity index (χ4v) is 4.45. The minimum atomic E-state index is -0.387. The summed E-state index contributed by atoms with van der Waals surface area (Å²) in [5.41, 5.74) is 8.31. The molecule has 3 N–H and O–H groups in total. The Morgan fingerprint density at radius 3 is 1.97 bits per heavy atom. The molecule has 1 aromatic rings. The van der Waals surface area contributed by atoms with Crippen LogP contribution in [-0.2, 0) is 41.6 Å². The minimum Gasteiger partial charge on any atom is -0.327 e. The van der Waals surface area contributed by atoms with Crippen LogP contribution in [-0.4, -0.2) is 64.3 Å². The van der Waals surface area contributed by atoms with Gasteiger partial charge in [0.05, 0.1) is 0 Å². The summed E-state index contributed by atoms with van der Waals surface area (Å²) in [4.78, 5) is 74.3. The average molecular weight is 523 g/mol. The molecule has 2 aliphatic rings. The molecule has 0 fully saturated rings.